The molecule has 0 saturated heterocycles. The van der Waals surface area contributed by atoms with Gasteiger partial charge in [-0.05, 0) is 44.5 Å². The number of hydrogen-bond donors (Lipinski definition) is 1. The van der Waals surface area contributed by atoms with Crippen LogP contribution in [0.2, 0.25) is 0 Å². The summed E-state index contributed by atoms with van der Waals surface area (Å²) < 4.78 is 0. The average molecular weight is 291 g/mol. The minimum Gasteiger partial charge on any atom is -0.361 e. The van der Waals surface area contributed by atoms with Crippen molar-refractivity contribution < 1.29 is 0 Å². The summed E-state index contributed by atoms with van der Waals surface area (Å²) in [5, 5.41) is 12.0. The summed E-state index contributed by atoms with van der Waals surface area (Å²) in [6.45, 7) is 0. The number of pyridine rings is 1. The monoisotopic (exact) mass is 291 g/mol. The van der Waals surface area contributed by atoms with Crippen molar-refractivity contribution in [1.82, 2.24) is 4.98 Å². The van der Waals surface area contributed by atoms with Crippen molar-refractivity contribution in [2.24, 2.45) is 0 Å². The van der Waals surface area contributed by atoms with E-state index >= 15 is 0 Å². The van der Waals surface area contributed by atoms with Gasteiger partial charge < -0.3 is 4.98 Å². The highest BCUT2D eigenvalue weighted by molar-refractivity contribution is 6.36. The summed E-state index contributed by atoms with van der Waals surface area (Å²) >= 11 is 0. The lowest BCUT2D eigenvalue weighted by Crippen LogP contribution is -1.80. The van der Waals surface area contributed by atoms with Crippen LogP contribution in [0, 0.1) is 0 Å². The summed E-state index contributed by atoms with van der Waals surface area (Å²) in [7, 11) is 0. The molecule has 1 N–H and O–H groups in total. The molecule has 0 aliphatic carbocycles. The second-order valence-electron chi connectivity index (χ2n) is 6.31. The first-order chi connectivity index (χ1) is 11.4. The fourth-order valence-electron chi connectivity index (χ4n) is 4.23. The lowest BCUT2D eigenvalue weighted by atomic mass is 10.0. The minimum atomic E-state index is 1.23. The topological polar surface area (TPSA) is 15.8 Å². The van der Waals surface area contributed by atoms with Gasteiger partial charge in [0.05, 0.1) is 5.52 Å². The van der Waals surface area contributed by atoms with E-state index in [9.17, 15) is 0 Å². The third-order valence-electron chi connectivity index (χ3n) is 5.15. The normalized spacial score (nSPS) is 12.3. The predicted octanol–water partition coefficient (Wildman–Crippen LogP) is 6.22. The van der Waals surface area contributed by atoms with E-state index in [1.165, 1.54) is 54.0 Å². The van der Waals surface area contributed by atoms with Crippen LogP contribution in [-0.2, 0) is 0 Å². The molecule has 23 heavy (non-hydrogen) atoms. The Kier molecular flexibility index (Phi) is 1.91. The van der Waals surface area contributed by atoms with Crippen LogP contribution in [0.5, 0.6) is 0 Å². The van der Waals surface area contributed by atoms with Crippen LogP contribution in [0.25, 0.3) is 54.0 Å². The first-order valence-electron chi connectivity index (χ1n) is 7.97. The van der Waals surface area contributed by atoms with Gasteiger partial charge in [-0.2, -0.15) is 0 Å². The largest absolute Gasteiger partial charge is 0.361 e. The highest BCUT2D eigenvalue weighted by atomic mass is 14.6. The molecule has 0 fully saturated rings. The fourth-order valence-corrected chi connectivity index (χ4v) is 4.23. The van der Waals surface area contributed by atoms with Crippen molar-refractivity contribution >= 4 is 54.0 Å². The van der Waals surface area contributed by atoms with Crippen LogP contribution < -0.4 is 0 Å². The van der Waals surface area contributed by atoms with Crippen molar-refractivity contribution in [3.8, 4) is 0 Å². The van der Waals surface area contributed by atoms with E-state index in [1.54, 1.807) is 0 Å². The third-order valence-corrected chi connectivity index (χ3v) is 5.15. The number of fused-ring (bicyclic) bond motifs is 3. The molecule has 106 valence electrons. The standard InChI is InChI=1S/C22H13N/c1-2-6-18-16(5-1)17-7-3-4-14-12-15-9-8-13-10-11-23-22(18)21(13)20(15)19(14)17/h1-12,23H. The lowest BCUT2D eigenvalue weighted by Gasteiger charge is -2.04. The molecule has 0 spiro atoms. The predicted molar refractivity (Wildman–Crippen MR) is 99.5 cm³/mol. The van der Waals surface area contributed by atoms with E-state index in [1.807, 2.05) is 0 Å². The van der Waals surface area contributed by atoms with Gasteiger partial charge in [0.25, 0.3) is 0 Å². The summed E-state index contributed by atoms with van der Waals surface area (Å²) in [6.07, 6.45) is 2.05. The minimum absolute atomic E-state index is 1.23. The quantitative estimate of drug-likeness (QED) is 0.342. The summed E-state index contributed by atoms with van der Waals surface area (Å²) in [5.74, 6) is 0. The number of rotatable bonds is 0. The summed E-state index contributed by atoms with van der Waals surface area (Å²) in [6, 6.07) is 24.4. The van der Waals surface area contributed by atoms with Crippen molar-refractivity contribution in [2.75, 3.05) is 0 Å². The van der Waals surface area contributed by atoms with Crippen LogP contribution in [0.3, 0.4) is 0 Å². The van der Waals surface area contributed by atoms with Gasteiger partial charge in [-0.15, -0.1) is 0 Å². The van der Waals surface area contributed by atoms with Crippen molar-refractivity contribution in [1.29, 1.82) is 0 Å². The van der Waals surface area contributed by atoms with E-state index in [-0.39, 0.29) is 0 Å². The molecule has 1 aromatic heterocycles. The molecule has 6 rings (SSSR count). The summed E-state index contributed by atoms with van der Waals surface area (Å²) in [4.78, 5) is 3.52. The Morgan fingerprint density at radius 2 is 1.30 bits per heavy atom. The third kappa shape index (κ3) is 1.29. The van der Waals surface area contributed by atoms with E-state index in [2.05, 4.69) is 77.9 Å². The Balaban J connectivity index is 2.22. The smallest absolute Gasteiger partial charge is 0.0545 e. The zero-order chi connectivity index (χ0) is 15.0. The Morgan fingerprint density at radius 3 is 2.26 bits per heavy atom. The summed E-state index contributed by atoms with van der Waals surface area (Å²) in [5.41, 5.74) is 1.23. The van der Waals surface area contributed by atoms with Gasteiger partial charge in [-0.3, -0.25) is 0 Å². The first-order valence-corrected chi connectivity index (χ1v) is 7.97. The second kappa shape index (κ2) is 3.82. The fraction of sp³-hybridized carbons (Fsp3) is 0. The molecule has 0 aliphatic heterocycles. The van der Waals surface area contributed by atoms with Gasteiger partial charge in [-0.25, -0.2) is 0 Å². The molecule has 0 atom stereocenters. The molecule has 0 aliphatic rings. The molecule has 0 unspecified atom stereocenters. The van der Waals surface area contributed by atoms with Crippen LogP contribution in [0.4, 0.5) is 0 Å². The highest BCUT2D eigenvalue weighted by Crippen LogP contribution is 2.42. The maximum atomic E-state index is 3.52. The van der Waals surface area contributed by atoms with Gasteiger partial charge in [0.1, 0.15) is 0 Å². The van der Waals surface area contributed by atoms with Crippen molar-refractivity contribution in [3.05, 3.63) is 72.9 Å². The molecule has 0 saturated carbocycles. The van der Waals surface area contributed by atoms with Crippen LogP contribution in [0.1, 0.15) is 0 Å². The zero-order valence-electron chi connectivity index (χ0n) is 12.4. The number of nitrogens with one attached hydrogen (secondary N) is 1. The van der Waals surface area contributed by atoms with E-state index in [0.29, 0.717) is 0 Å². The molecule has 6 aromatic rings. The number of aromatic amines is 1. The van der Waals surface area contributed by atoms with Gasteiger partial charge in [0.2, 0.25) is 0 Å². The van der Waals surface area contributed by atoms with E-state index < -0.39 is 0 Å². The Bertz CT molecular complexity index is 1330. The van der Waals surface area contributed by atoms with Gasteiger partial charge in [0, 0.05) is 22.4 Å². The molecular weight excluding hydrogens is 278 g/mol. The van der Waals surface area contributed by atoms with Crippen molar-refractivity contribution in [3.63, 3.8) is 0 Å². The van der Waals surface area contributed by atoms with Crippen LogP contribution in [-0.4, -0.2) is 4.98 Å². The molecule has 5 aromatic carbocycles. The molecule has 0 bridgehead atoms. The highest BCUT2D eigenvalue weighted by Gasteiger charge is 2.15. The number of hydrogen-bond acceptors (Lipinski definition) is 0. The Morgan fingerprint density at radius 1 is 0.522 bits per heavy atom. The number of aromatic nitrogens is 1. The second-order valence-corrected chi connectivity index (χ2v) is 6.31. The Hall–Kier alpha value is -3.06. The van der Waals surface area contributed by atoms with E-state index in [4.69, 9.17) is 0 Å². The molecule has 1 heterocycles. The molecule has 0 amide bonds. The SMILES string of the molecule is c1ccc2c(c1)c1cccc3cc4ccc5cc[nH]c2c5c4c31. The average Bonchev–Trinajstić information content (AvgIpc) is 2.94. The Labute approximate surface area is 132 Å². The maximum Gasteiger partial charge on any atom is 0.0545 e. The van der Waals surface area contributed by atoms with Gasteiger partial charge in [-0.1, -0.05) is 54.6 Å². The molecule has 1 heteroatoms. The van der Waals surface area contributed by atoms with Crippen LogP contribution >= 0.6 is 0 Å². The van der Waals surface area contributed by atoms with E-state index in [0.717, 1.165) is 0 Å². The van der Waals surface area contributed by atoms with Gasteiger partial charge in [0.15, 0.2) is 0 Å². The number of H-pyrrole nitrogens is 1. The van der Waals surface area contributed by atoms with Crippen molar-refractivity contribution in [2.45, 2.75) is 0 Å². The molecular formula is C22H13N. The zero-order valence-corrected chi connectivity index (χ0v) is 12.4. The van der Waals surface area contributed by atoms with Gasteiger partial charge >= 0.3 is 0 Å². The molecule has 0 radical (unpaired) electrons. The van der Waals surface area contributed by atoms with Crippen LogP contribution in [0.15, 0.2) is 72.9 Å². The maximum absolute atomic E-state index is 3.52. The molecule has 1 nitrogen and oxygen atoms in total. The lowest BCUT2D eigenvalue weighted by molar-refractivity contribution is 1.44. The first kappa shape index (κ1) is 11.5. The number of benzene rings is 3.